The number of aliphatic carboxylic acids is 1. The summed E-state index contributed by atoms with van der Waals surface area (Å²) in [7, 11) is 1.63. The Balaban J connectivity index is 2.37. The fourth-order valence-electron chi connectivity index (χ4n) is 2.56. The molecule has 0 radical (unpaired) electrons. The molecule has 2 rings (SSSR count). The normalized spacial score (nSPS) is 18.0. The Bertz CT molecular complexity index is 456. The Morgan fingerprint density at radius 1 is 1.56 bits per heavy atom. The molecule has 1 heterocycles. The van der Waals surface area contributed by atoms with Crippen molar-refractivity contribution in [2.75, 3.05) is 18.6 Å². The third kappa shape index (κ3) is 2.28. The number of methoxy groups -OCH3 is 1. The minimum absolute atomic E-state index is 0.0509. The van der Waals surface area contributed by atoms with E-state index < -0.39 is 5.97 Å². The molecule has 1 aliphatic heterocycles. The van der Waals surface area contributed by atoms with E-state index in [0.717, 1.165) is 23.5 Å². The lowest BCUT2D eigenvalue weighted by atomic mass is 9.98. The molecule has 0 saturated heterocycles. The molecule has 0 bridgehead atoms. The fourth-order valence-corrected chi connectivity index (χ4v) is 2.56. The van der Waals surface area contributed by atoms with Crippen molar-refractivity contribution in [2.45, 2.75) is 32.2 Å². The summed E-state index contributed by atoms with van der Waals surface area (Å²) in [5.41, 5.74) is 2.22. The lowest BCUT2D eigenvalue weighted by Crippen LogP contribution is -2.29. The number of carboxylic acid groups (broad SMARTS) is 1. The molecule has 0 spiro atoms. The van der Waals surface area contributed by atoms with Crippen LogP contribution in [0.4, 0.5) is 5.69 Å². The molecule has 0 aliphatic carbocycles. The molecule has 98 valence electrons. The second-order valence-electron chi connectivity index (χ2n) is 4.97. The molecular weight excluding hydrogens is 230 g/mol. The monoisotopic (exact) mass is 249 g/mol. The molecule has 0 saturated carbocycles. The predicted octanol–water partition coefficient (Wildman–Crippen LogP) is 2.48. The van der Waals surface area contributed by atoms with E-state index in [-0.39, 0.29) is 12.3 Å². The van der Waals surface area contributed by atoms with Crippen LogP contribution in [-0.4, -0.2) is 30.8 Å². The molecule has 1 aliphatic rings. The topological polar surface area (TPSA) is 49.8 Å². The van der Waals surface area contributed by atoms with Crippen molar-refractivity contribution in [1.29, 1.82) is 0 Å². The fraction of sp³-hybridized carbons (Fsp3) is 0.500. The van der Waals surface area contributed by atoms with E-state index in [1.807, 2.05) is 18.2 Å². The second kappa shape index (κ2) is 4.88. The van der Waals surface area contributed by atoms with Crippen LogP contribution in [0.2, 0.25) is 0 Å². The molecule has 0 fully saturated rings. The highest BCUT2D eigenvalue weighted by molar-refractivity contribution is 5.71. The standard InChI is InChI=1S/C14H19NO3/c1-9(2)15-8-10(6-14(16)17)12-7-11(18-3)4-5-13(12)15/h4-5,7,9-10H,6,8H2,1-3H3,(H,16,17). The first kappa shape index (κ1) is 12.7. The molecule has 0 amide bonds. The summed E-state index contributed by atoms with van der Waals surface area (Å²) in [5.74, 6) is 0.0871. The van der Waals surface area contributed by atoms with Gasteiger partial charge in [-0.3, -0.25) is 4.79 Å². The van der Waals surface area contributed by atoms with Crippen LogP contribution in [0.3, 0.4) is 0 Å². The number of anilines is 1. The Hall–Kier alpha value is -1.71. The van der Waals surface area contributed by atoms with E-state index in [1.54, 1.807) is 7.11 Å². The number of ether oxygens (including phenoxy) is 1. The zero-order valence-corrected chi connectivity index (χ0v) is 11.0. The molecule has 0 aromatic heterocycles. The Morgan fingerprint density at radius 2 is 2.28 bits per heavy atom. The molecule has 1 aromatic rings. The van der Waals surface area contributed by atoms with Crippen molar-refractivity contribution in [3.8, 4) is 5.75 Å². The van der Waals surface area contributed by atoms with E-state index >= 15 is 0 Å². The average molecular weight is 249 g/mol. The summed E-state index contributed by atoms with van der Waals surface area (Å²) >= 11 is 0. The maximum Gasteiger partial charge on any atom is 0.304 e. The van der Waals surface area contributed by atoms with Gasteiger partial charge >= 0.3 is 5.97 Å². The molecular formula is C14H19NO3. The quantitative estimate of drug-likeness (QED) is 0.890. The molecule has 4 heteroatoms. The van der Waals surface area contributed by atoms with Gasteiger partial charge in [0.2, 0.25) is 0 Å². The first-order valence-corrected chi connectivity index (χ1v) is 6.19. The maximum absolute atomic E-state index is 10.9. The number of hydrogen-bond acceptors (Lipinski definition) is 3. The van der Waals surface area contributed by atoms with Crippen molar-refractivity contribution in [3.63, 3.8) is 0 Å². The molecule has 1 aromatic carbocycles. The SMILES string of the molecule is COc1ccc2c(c1)C(CC(=O)O)CN2C(C)C. The number of hydrogen-bond donors (Lipinski definition) is 1. The highest BCUT2D eigenvalue weighted by atomic mass is 16.5. The number of carbonyl (C=O) groups is 1. The van der Waals surface area contributed by atoms with E-state index in [2.05, 4.69) is 18.7 Å². The van der Waals surface area contributed by atoms with Crippen LogP contribution in [0.15, 0.2) is 18.2 Å². The van der Waals surface area contributed by atoms with Crippen molar-refractivity contribution in [3.05, 3.63) is 23.8 Å². The van der Waals surface area contributed by atoms with Gasteiger partial charge in [-0.15, -0.1) is 0 Å². The second-order valence-corrected chi connectivity index (χ2v) is 4.97. The predicted molar refractivity (Wildman–Crippen MR) is 70.5 cm³/mol. The lowest BCUT2D eigenvalue weighted by Gasteiger charge is -2.24. The van der Waals surface area contributed by atoms with Crippen molar-refractivity contribution in [1.82, 2.24) is 0 Å². The van der Waals surface area contributed by atoms with Crippen LogP contribution in [0, 0.1) is 0 Å². The number of fused-ring (bicyclic) bond motifs is 1. The summed E-state index contributed by atoms with van der Waals surface area (Å²) in [6.07, 6.45) is 0.170. The van der Waals surface area contributed by atoms with Crippen molar-refractivity contribution in [2.24, 2.45) is 0 Å². The van der Waals surface area contributed by atoms with Gasteiger partial charge in [0.1, 0.15) is 5.75 Å². The van der Waals surface area contributed by atoms with Gasteiger partial charge in [0.25, 0.3) is 0 Å². The Kier molecular flexibility index (Phi) is 3.45. The largest absolute Gasteiger partial charge is 0.497 e. The highest BCUT2D eigenvalue weighted by Crippen LogP contribution is 2.41. The van der Waals surface area contributed by atoms with Crippen LogP contribution in [-0.2, 0) is 4.79 Å². The van der Waals surface area contributed by atoms with Gasteiger partial charge in [0, 0.05) is 24.2 Å². The average Bonchev–Trinajstić information content (AvgIpc) is 2.67. The summed E-state index contributed by atoms with van der Waals surface area (Å²) in [5, 5.41) is 9.00. The van der Waals surface area contributed by atoms with Gasteiger partial charge in [0.15, 0.2) is 0 Å². The van der Waals surface area contributed by atoms with Gasteiger partial charge < -0.3 is 14.7 Å². The molecule has 1 N–H and O–H groups in total. The maximum atomic E-state index is 10.9. The van der Waals surface area contributed by atoms with Gasteiger partial charge in [-0.05, 0) is 37.6 Å². The first-order valence-electron chi connectivity index (χ1n) is 6.19. The third-order valence-electron chi connectivity index (χ3n) is 3.45. The Morgan fingerprint density at radius 3 is 2.83 bits per heavy atom. The number of benzene rings is 1. The minimum atomic E-state index is -0.751. The van der Waals surface area contributed by atoms with Gasteiger partial charge in [0.05, 0.1) is 13.5 Å². The summed E-state index contributed by atoms with van der Waals surface area (Å²) < 4.78 is 5.22. The smallest absolute Gasteiger partial charge is 0.304 e. The van der Waals surface area contributed by atoms with Gasteiger partial charge in [-0.2, -0.15) is 0 Å². The summed E-state index contributed by atoms with van der Waals surface area (Å²) in [4.78, 5) is 13.2. The van der Waals surface area contributed by atoms with Crippen LogP contribution >= 0.6 is 0 Å². The zero-order valence-electron chi connectivity index (χ0n) is 11.0. The molecule has 4 nitrogen and oxygen atoms in total. The zero-order chi connectivity index (χ0) is 13.3. The molecule has 1 unspecified atom stereocenters. The number of nitrogens with zero attached hydrogens (tertiary/aromatic N) is 1. The van der Waals surface area contributed by atoms with Crippen molar-refractivity contribution < 1.29 is 14.6 Å². The first-order chi connectivity index (χ1) is 8.52. The lowest BCUT2D eigenvalue weighted by molar-refractivity contribution is -0.137. The molecule has 1 atom stereocenters. The van der Waals surface area contributed by atoms with Crippen LogP contribution in [0.5, 0.6) is 5.75 Å². The van der Waals surface area contributed by atoms with E-state index in [1.165, 1.54) is 0 Å². The van der Waals surface area contributed by atoms with E-state index in [4.69, 9.17) is 9.84 Å². The van der Waals surface area contributed by atoms with Gasteiger partial charge in [-0.1, -0.05) is 0 Å². The van der Waals surface area contributed by atoms with Crippen LogP contribution in [0.1, 0.15) is 31.7 Å². The van der Waals surface area contributed by atoms with Crippen LogP contribution < -0.4 is 9.64 Å². The third-order valence-corrected chi connectivity index (χ3v) is 3.45. The molecule has 18 heavy (non-hydrogen) atoms. The summed E-state index contributed by atoms with van der Waals surface area (Å²) in [6.45, 7) is 5.01. The highest BCUT2D eigenvalue weighted by Gasteiger charge is 2.31. The summed E-state index contributed by atoms with van der Waals surface area (Å²) in [6, 6.07) is 6.29. The Labute approximate surface area is 107 Å². The van der Waals surface area contributed by atoms with E-state index in [9.17, 15) is 4.79 Å². The number of rotatable bonds is 4. The number of carboxylic acids is 1. The van der Waals surface area contributed by atoms with E-state index in [0.29, 0.717) is 6.04 Å². The van der Waals surface area contributed by atoms with Crippen LogP contribution in [0.25, 0.3) is 0 Å². The van der Waals surface area contributed by atoms with Gasteiger partial charge in [-0.25, -0.2) is 0 Å². The minimum Gasteiger partial charge on any atom is -0.497 e. The van der Waals surface area contributed by atoms with Crippen molar-refractivity contribution >= 4 is 11.7 Å².